The maximum Gasteiger partial charge on any atom is 0.240 e. The second-order valence-electron chi connectivity index (χ2n) is 5.45. The van der Waals surface area contributed by atoms with Crippen LogP contribution in [0.4, 0.5) is 5.69 Å². The van der Waals surface area contributed by atoms with Crippen LogP contribution in [0.3, 0.4) is 0 Å². The second kappa shape index (κ2) is 4.02. The van der Waals surface area contributed by atoms with Gasteiger partial charge in [-0.1, -0.05) is 34.1 Å². The minimum atomic E-state index is -0.349. The highest BCUT2D eigenvalue weighted by molar-refractivity contribution is 9.10. The summed E-state index contributed by atoms with van der Waals surface area (Å²) in [4.78, 5) is 26.4. The van der Waals surface area contributed by atoms with Gasteiger partial charge in [0, 0.05) is 4.47 Å². The molecule has 0 saturated carbocycles. The Morgan fingerprint density at radius 2 is 1.70 bits per heavy atom. The van der Waals surface area contributed by atoms with E-state index in [4.69, 9.17) is 4.74 Å². The van der Waals surface area contributed by atoms with Crippen LogP contribution in [-0.2, 0) is 14.3 Å². The number of benzene rings is 1. The van der Waals surface area contributed by atoms with Crippen LogP contribution in [0.1, 0.15) is 5.56 Å². The molecule has 2 bridgehead atoms. The highest BCUT2D eigenvalue weighted by Crippen LogP contribution is 2.46. The normalized spacial score (nSPS) is 34.2. The number of ether oxygens (including phenoxy) is 1. The summed E-state index contributed by atoms with van der Waals surface area (Å²) >= 11 is 3.44. The van der Waals surface area contributed by atoms with Gasteiger partial charge in [-0.05, 0) is 24.6 Å². The zero-order valence-electron chi connectivity index (χ0n) is 10.7. The van der Waals surface area contributed by atoms with E-state index < -0.39 is 0 Å². The van der Waals surface area contributed by atoms with Gasteiger partial charge in [0.2, 0.25) is 11.8 Å². The molecule has 102 valence electrons. The van der Waals surface area contributed by atoms with Crippen molar-refractivity contribution in [2.75, 3.05) is 4.90 Å². The molecule has 20 heavy (non-hydrogen) atoms. The minimum Gasteiger partial charge on any atom is -0.365 e. The number of aryl methyl sites for hydroxylation is 1. The number of imide groups is 1. The molecular weight excluding hydrogens is 322 g/mol. The Bertz CT molecular complexity index is 639. The Morgan fingerprint density at radius 3 is 2.25 bits per heavy atom. The van der Waals surface area contributed by atoms with Gasteiger partial charge in [0.1, 0.15) is 0 Å². The lowest BCUT2D eigenvalue weighted by Crippen LogP contribution is -2.34. The van der Waals surface area contributed by atoms with E-state index in [-0.39, 0.29) is 35.9 Å². The predicted octanol–water partition coefficient (Wildman–Crippen LogP) is 2.20. The van der Waals surface area contributed by atoms with E-state index in [1.165, 1.54) is 4.90 Å². The van der Waals surface area contributed by atoms with Crippen molar-refractivity contribution in [2.24, 2.45) is 11.8 Å². The van der Waals surface area contributed by atoms with Crippen molar-refractivity contribution in [1.29, 1.82) is 0 Å². The number of nitrogens with zero attached hydrogens (tertiary/aromatic N) is 1. The van der Waals surface area contributed by atoms with E-state index >= 15 is 0 Å². The third-order valence-electron chi connectivity index (χ3n) is 4.32. The van der Waals surface area contributed by atoms with E-state index in [1.54, 1.807) is 0 Å². The standard InChI is InChI=1S/C15H12BrNO3/c1-7-2-3-8(6-9(7)16)17-14(18)12-10-4-5-11(20-10)13(12)15(17)19/h2-6,10-13H,1H3/t10-,11+,12-,13-/m0/s1. The summed E-state index contributed by atoms with van der Waals surface area (Å²) in [6, 6.07) is 5.53. The van der Waals surface area contributed by atoms with Crippen molar-refractivity contribution in [3.8, 4) is 0 Å². The SMILES string of the molecule is Cc1ccc(N2C(=O)[C@@H]3[C@@H](C2=O)[C@H]2C=C[C@@H]3O2)cc1Br. The summed E-state index contributed by atoms with van der Waals surface area (Å²) in [5, 5.41) is 0. The maximum atomic E-state index is 12.6. The smallest absolute Gasteiger partial charge is 0.240 e. The van der Waals surface area contributed by atoms with E-state index in [0.717, 1.165) is 10.0 Å². The molecule has 3 aliphatic heterocycles. The molecule has 2 saturated heterocycles. The zero-order chi connectivity index (χ0) is 14.0. The molecule has 2 fully saturated rings. The number of halogens is 1. The Hall–Kier alpha value is -1.46. The molecule has 0 aliphatic carbocycles. The van der Waals surface area contributed by atoms with E-state index in [9.17, 15) is 9.59 Å². The van der Waals surface area contributed by atoms with Crippen LogP contribution >= 0.6 is 15.9 Å². The Morgan fingerprint density at radius 1 is 1.10 bits per heavy atom. The molecule has 5 heteroatoms. The van der Waals surface area contributed by atoms with Gasteiger partial charge in [-0.3, -0.25) is 9.59 Å². The first-order valence-corrected chi connectivity index (χ1v) is 7.35. The minimum absolute atomic E-state index is 0.146. The number of amides is 2. The predicted molar refractivity (Wildman–Crippen MR) is 76.2 cm³/mol. The molecule has 3 heterocycles. The molecule has 0 radical (unpaired) electrons. The average molecular weight is 334 g/mol. The van der Waals surface area contributed by atoms with Crippen molar-refractivity contribution < 1.29 is 14.3 Å². The number of anilines is 1. The van der Waals surface area contributed by atoms with E-state index in [2.05, 4.69) is 15.9 Å². The van der Waals surface area contributed by atoms with Crippen LogP contribution in [0.25, 0.3) is 0 Å². The van der Waals surface area contributed by atoms with Crippen LogP contribution in [-0.4, -0.2) is 24.0 Å². The number of carbonyl (C=O) groups excluding carboxylic acids is 2. The fourth-order valence-corrected chi connectivity index (χ4v) is 3.65. The summed E-state index contributed by atoms with van der Waals surface area (Å²) < 4.78 is 6.51. The number of carbonyl (C=O) groups is 2. The number of hydrogen-bond acceptors (Lipinski definition) is 3. The van der Waals surface area contributed by atoms with E-state index in [0.29, 0.717) is 5.69 Å². The van der Waals surface area contributed by atoms with E-state index in [1.807, 2.05) is 37.3 Å². The average Bonchev–Trinajstić information content (AvgIpc) is 3.08. The van der Waals surface area contributed by atoms with Crippen LogP contribution in [0.5, 0.6) is 0 Å². The lowest BCUT2D eigenvalue weighted by atomic mass is 9.85. The van der Waals surface area contributed by atoms with Gasteiger partial charge in [0.15, 0.2) is 0 Å². The summed E-state index contributed by atoms with van der Waals surface area (Å²) in [5.41, 5.74) is 1.70. The number of fused-ring (bicyclic) bond motifs is 5. The first-order valence-electron chi connectivity index (χ1n) is 6.55. The molecular formula is C15H12BrNO3. The van der Waals surface area contributed by atoms with Crippen molar-refractivity contribution in [3.05, 3.63) is 40.4 Å². The lowest BCUT2D eigenvalue weighted by Gasteiger charge is -2.18. The van der Waals surface area contributed by atoms with Crippen LogP contribution in [0, 0.1) is 18.8 Å². The lowest BCUT2D eigenvalue weighted by molar-refractivity contribution is -0.124. The van der Waals surface area contributed by atoms with Gasteiger partial charge in [0.05, 0.1) is 29.7 Å². The molecule has 0 unspecified atom stereocenters. The maximum absolute atomic E-state index is 12.6. The molecule has 0 aromatic heterocycles. The Labute approximate surface area is 124 Å². The zero-order valence-corrected chi connectivity index (χ0v) is 12.3. The van der Waals surface area contributed by atoms with Crippen molar-refractivity contribution >= 4 is 33.4 Å². The fraction of sp³-hybridized carbons (Fsp3) is 0.333. The van der Waals surface area contributed by atoms with Crippen LogP contribution in [0.2, 0.25) is 0 Å². The molecule has 0 N–H and O–H groups in total. The highest BCUT2D eigenvalue weighted by Gasteiger charge is 2.60. The second-order valence-corrected chi connectivity index (χ2v) is 6.30. The number of rotatable bonds is 1. The first-order chi connectivity index (χ1) is 9.58. The molecule has 2 amide bonds. The molecule has 1 aromatic rings. The summed E-state index contributed by atoms with van der Waals surface area (Å²) in [6.45, 7) is 1.97. The monoisotopic (exact) mass is 333 g/mol. The summed E-state index contributed by atoms with van der Waals surface area (Å²) in [6.07, 6.45) is 3.32. The van der Waals surface area contributed by atoms with Crippen LogP contribution in [0.15, 0.2) is 34.8 Å². The molecule has 4 rings (SSSR count). The molecule has 4 nitrogen and oxygen atoms in total. The topological polar surface area (TPSA) is 46.6 Å². The molecule has 1 aromatic carbocycles. The third-order valence-corrected chi connectivity index (χ3v) is 5.18. The largest absolute Gasteiger partial charge is 0.365 e. The van der Waals surface area contributed by atoms with Crippen molar-refractivity contribution in [1.82, 2.24) is 0 Å². The summed E-state index contributed by atoms with van der Waals surface area (Å²) in [5.74, 6) is -0.990. The van der Waals surface area contributed by atoms with Gasteiger partial charge >= 0.3 is 0 Å². The van der Waals surface area contributed by atoms with Gasteiger partial charge in [-0.15, -0.1) is 0 Å². The van der Waals surface area contributed by atoms with Crippen LogP contribution < -0.4 is 4.90 Å². The molecule has 0 spiro atoms. The van der Waals surface area contributed by atoms with Gasteiger partial charge in [0.25, 0.3) is 0 Å². The van der Waals surface area contributed by atoms with Gasteiger partial charge in [-0.25, -0.2) is 4.90 Å². The molecule has 3 aliphatic rings. The van der Waals surface area contributed by atoms with Gasteiger partial charge in [-0.2, -0.15) is 0 Å². The molecule has 4 atom stereocenters. The van der Waals surface area contributed by atoms with Gasteiger partial charge < -0.3 is 4.74 Å². The highest BCUT2D eigenvalue weighted by atomic mass is 79.9. The third kappa shape index (κ3) is 1.45. The first kappa shape index (κ1) is 12.3. The quantitative estimate of drug-likeness (QED) is 0.584. The van der Waals surface area contributed by atoms with Crippen molar-refractivity contribution in [3.63, 3.8) is 0 Å². The van der Waals surface area contributed by atoms with Crippen molar-refractivity contribution in [2.45, 2.75) is 19.1 Å². The number of hydrogen-bond donors (Lipinski definition) is 0. The Balaban J connectivity index is 1.76. The Kier molecular flexibility index (Phi) is 2.47. The summed E-state index contributed by atoms with van der Waals surface area (Å²) in [7, 11) is 0. The fourth-order valence-electron chi connectivity index (χ4n) is 3.28.